The molecule has 6 heteroatoms. The number of nitrogens with zero attached hydrogens (tertiary/aromatic N) is 2. The Morgan fingerprint density at radius 2 is 2.20 bits per heavy atom. The molecule has 0 aliphatic carbocycles. The van der Waals surface area contributed by atoms with Gasteiger partial charge in [0.15, 0.2) is 0 Å². The van der Waals surface area contributed by atoms with Crippen LogP contribution in [0.5, 0.6) is 0 Å². The van der Waals surface area contributed by atoms with E-state index in [1.54, 1.807) is 4.52 Å². The maximum Gasteiger partial charge on any atom is 0.412 e. The van der Waals surface area contributed by atoms with Crippen LogP contribution in [0.15, 0.2) is 22.8 Å². The molecule has 0 aromatic carbocycles. The van der Waals surface area contributed by atoms with Crippen molar-refractivity contribution in [1.29, 1.82) is 0 Å². The molecule has 0 saturated heterocycles. The number of hydrogen-bond donors (Lipinski definition) is 1. The lowest BCUT2D eigenvalue weighted by Crippen LogP contribution is -2.27. The standard InChI is InChI=1S/C14H18BrN3O2/c1-5-10-12(16-13(19)20-14(2,3)4)11-8-9(15)6-7-18(11)17-10/h6-8H,5H2,1-4H3,(H,16,19). The van der Waals surface area contributed by atoms with Crippen molar-refractivity contribution in [2.75, 3.05) is 5.32 Å². The Hall–Kier alpha value is -1.56. The zero-order valence-electron chi connectivity index (χ0n) is 12.0. The Labute approximate surface area is 126 Å². The molecule has 0 spiro atoms. The van der Waals surface area contributed by atoms with Crippen LogP contribution in [0.1, 0.15) is 33.4 Å². The topological polar surface area (TPSA) is 55.6 Å². The predicted octanol–water partition coefficient (Wildman–Crippen LogP) is 4.01. The molecule has 0 atom stereocenters. The van der Waals surface area contributed by atoms with Crippen LogP contribution in [0.2, 0.25) is 0 Å². The van der Waals surface area contributed by atoms with Gasteiger partial charge in [-0.1, -0.05) is 22.9 Å². The van der Waals surface area contributed by atoms with Gasteiger partial charge in [0.1, 0.15) is 5.60 Å². The van der Waals surface area contributed by atoms with Crippen molar-refractivity contribution in [3.63, 3.8) is 0 Å². The first-order chi connectivity index (χ1) is 9.30. The van der Waals surface area contributed by atoms with Gasteiger partial charge in [-0.3, -0.25) is 5.32 Å². The number of carbonyl (C=O) groups excluding carboxylic acids is 1. The van der Waals surface area contributed by atoms with Crippen LogP contribution in [0.25, 0.3) is 5.52 Å². The summed E-state index contributed by atoms with van der Waals surface area (Å²) in [4.78, 5) is 11.9. The number of ether oxygens (including phenoxy) is 1. The molecular formula is C14H18BrN3O2. The summed E-state index contributed by atoms with van der Waals surface area (Å²) in [7, 11) is 0. The minimum Gasteiger partial charge on any atom is -0.444 e. The van der Waals surface area contributed by atoms with Gasteiger partial charge < -0.3 is 4.74 Å². The molecule has 0 aliphatic rings. The van der Waals surface area contributed by atoms with Gasteiger partial charge in [-0.15, -0.1) is 0 Å². The van der Waals surface area contributed by atoms with E-state index in [-0.39, 0.29) is 0 Å². The Morgan fingerprint density at radius 3 is 2.80 bits per heavy atom. The molecule has 2 rings (SSSR count). The molecule has 20 heavy (non-hydrogen) atoms. The molecule has 0 fully saturated rings. The van der Waals surface area contributed by atoms with E-state index in [2.05, 4.69) is 26.3 Å². The van der Waals surface area contributed by atoms with Gasteiger partial charge in [0.05, 0.1) is 16.9 Å². The van der Waals surface area contributed by atoms with Crippen molar-refractivity contribution in [1.82, 2.24) is 9.61 Å². The van der Waals surface area contributed by atoms with E-state index in [1.165, 1.54) is 0 Å². The molecule has 0 saturated carbocycles. The van der Waals surface area contributed by atoms with Gasteiger partial charge in [0, 0.05) is 10.7 Å². The van der Waals surface area contributed by atoms with E-state index in [0.29, 0.717) is 5.69 Å². The Balaban J connectivity index is 2.37. The largest absolute Gasteiger partial charge is 0.444 e. The number of aryl methyl sites for hydroxylation is 1. The third-order valence-electron chi connectivity index (χ3n) is 2.63. The summed E-state index contributed by atoms with van der Waals surface area (Å²) < 4.78 is 7.97. The van der Waals surface area contributed by atoms with Crippen LogP contribution in [-0.4, -0.2) is 21.3 Å². The lowest BCUT2D eigenvalue weighted by atomic mass is 10.2. The number of rotatable bonds is 2. The van der Waals surface area contributed by atoms with Crippen molar-refractivity contribution in [2.24, 2.45) is 0 Å². The van der Waals surface area contributed by atoms with E-state index < -0.39 is 11.7 Å². The van der Waals surface area contributed by atoms with Crippen molar-refractivity contribution in [2.45, 2.75) is 39.7 Å². The maximum atomic E-state index is 11.9. The van der Waals surface area contributed by atoms with Gasteiger partial charge >= 0.3 is 6.09 Å². The second-order valence-corrected chi connectivity index (χ2v) is 6.39. The lowest BCUT2D eigenvalue weighted by molar-refractivity contribution is 0.0636. The average Bonchev–Trinajstić information content (AvgIpc) is 2.64. The molecule has 0 aliphatic heterocycles. The van der Waals surface area contributed by atoms with Crippen molar-refractivity contribution >= 4 is 33.2 Å². The van der Waals surface area contributed by atoms with Crippen LogP contribution in [0.4, 0.5) is 10.5 Å². The molecule has 0 unspecified atom stereocenters. The summed E-state index contributed by atoms with van der Waals surface area (Å²) in [6.07, 6.45) is 2.10. The lowest BCUT2D eigenvalue weighted by Gasteiger charge is -2.19. The fourth-order valence-corrected chi connectivity index (χ4v) is 2.19. The molecule has 2 aromatic rings. The summed E-state index contributed by atoms with van der Waals surface area (Å²) >= 11 is 3.43. The third-order valence-corrected chi connectivity index (χ3v) is 3.12. The first kappa shape index (κ1) is 14.8. The summed E-state index contributed by atoms with van der Waals surface area (Å²) in [5, 5.41) is 7.25. The molecular weight excluding hydrogens is 322 g/mol. The van der Waals surface area contributed by atoms with Gasteiger partial charge in [-0.25, -0.2) is 9.31 Å². The molecule has 0 bridgehead atoms. The van der Waals surface area contributed by atoms with E-state index in [0.717, 1.165) is 22.1 Å². The fourth-order valence-electron chi connectivity index (χ4n) is 1.86. The van der Waals surface area contributed by atoms with Gasteiger partial charge in [-0.2, -0.15) is 5.10 Å². The summed E-state index contributed by atoms with van der Waals surface area (Å²) in [6.45, 7) is 7.50. The summed E-state index contributed by atoms with van der Waals surface area (Å²) in [5.41, 5.74) is 1.83. The van der Waals surface area contributed by atoms with Crippen LogP contribution in [0.3, 0.4) is 0 Å². The number of aromatic nitrogens is 2. The number of hydrogen-bond acceptors (Lipinski definition) is 3. The van der Waals surface area contributed by atoms with Crippen LogP contribution in [0, 0.1) is 0 Å². The predicted molar refractivity (Wildman–Crippen MR) is 82.1 cm³/mol. The van der Waals surface area contributed by atoms with Crippen LogP contribution < -0.4 is 5.32 Å². The highest BCUT2D eigenvalue weighted by atomic mass is 79.9. The molecule has 1 amide bonds. The third kappa shape index (κ3) is 3.30. The Bertz CT molecular complexity index is 644. The van der Waals surface area contributed by atoms with Crippen molar-refractivity contribution in [3.8, 4) is 0 Å². The Morgan fingerprint density at radius 1 is 1.50 bits per heavy atom. The summed E-state index contributed by atoms with van der Waals surface area (Å²) in [6, 6.07) is 3.82. The molecule has 2 heterocycles. The number of fused-ring (bicyclic) bond motifs is 1. The SMILES string of the molecule is CCc1nn2ccc(Br)cc2c1NC(=O)OC(C)(C)C. The number of carbonyl (C=O) groups is 1. The normalized spacial score (nSPS) is 11.7. The quantitative estimate of drug-likeness (QED) is 0.899. The monoisotopic (exact) mass is 339 g/mol. The molecule has 5 nitrogen and oxygen atoms in total. The maximum absolute atomic E-state index is 11.9. The average molecular weight is 340 g/mol. The minimum absolute atomic E-state index is 0.470. The Kier molecular flexibility index (Phi) is 4.04. The van der Waals surface area contributed by atoms with E-state index >= 15 is 0 Å². The first-order valence-electron chi connectivity index (χ1n) is 6.47. The van der Waals surface area contributed by atoms with E-state index in [1.807, 2.05) is 46.0 Å². The second-order valence-electron chi connectivity index (χ2n) is 5.48. The highest BCUT2D eigenvalue weighted by molar-refractivity contribution is 9.10. The summed E-state index contributed by atoms with van der Waals surface area (Å²) in [5.74, 6) is 0. The van der Waals surface area contributed by atoms with Crippen LogP contribution in [-0.2, 0) is 11.2 Å². The van der Waals surface area contributed by atoms with Crippen molar-refractivity contribution in [3.05, 3.63) is 28.5 Å². The van der Waals surface area contributed by atoms with Crippen LogP contribution >= 0.6 is 15.9 Å². The fraction of sp³-hybridized carbons (Fsp3) is 0.429. The van der Waals surface area contributed by atoms with Gasteiger partial charge in [-0.05, 0) is 39.3 Å². The number of pyridine rings is 1. The van der Waals surface area contributed by atoms with E-state index in [4.69, 9.17) is 4.74 Å². The zero-order chi connectivity index (χ0) is 14.9. The highest BCUT2D eigenvalue weighted by Gasteiger charge is 2.19. The number of halogens is 1. The molecule has 1 N–H and O–H groups in total. The molecule has 108 valence electrons. The highest BCUT2D eigenvalue weighted by Crippen LogP contribution is 2.25. The molecule has 2 aromatic heterocycles. The second kappa shape index (κ2) is 5.44. The molecule has 0 radical (unpaired) electrons. The number of nitrogens with one attached hydrogen (secondary N) is 1. The number of amides is 1. The zero-order valence-corrected chi connectivity index (χ0v) is 13.6. The van der Waals surface area contributed by atoms with Gasteiger partial charge in [0.25, 0.3) is 0 Å². The number of anilines is 1. The minimum atomic E-state index is -0.528. The first-order valence-corrected chi connectivity index (χ1v) is 7.26. The smallest absolute Gasteiger partial charge is 0.412 e. The van der Waals surface area contributed by atoms with Gasteiger partial charge in [0.2, 0.25) is 0 Å². The van der Waals surface area contributed by atoms with E-state index in [9.17, 15) is 4.79 Å². The van der Waals surface area contributed by atoms with Crippen molar-refractivity contribution < 1.29 is 9.53 Å².